The fourth-order valence-corrected chi connectivity index (χ4v) is 2.84. The molecule has 0 fully saturated rings. The molecule has 4 heteroatoms. The molecule has 0 aromatic rings. The summed E-state index contributed by atoms with van der Waals surface area (Å²) in [4.78, 5) is 11.7. The highest BCUT2D eigenvalue weighted by molar-refractivity contribution is 5.75. The first-order valence-corrected chi connectivity index (χ1v) is 10.3. The van der Waals surface area contributed by atoms with Crippen molar-refractivity contribution in [3.8, 4) is 0 Å². The number of quaternary nitrogens is 1. The van der Waals surface area contributed by atoms with Crippen LogP contribution in [0.1, 0.15) is 97.3 Å². The molecule has 0 heterocycles. The Bertz CT molecular complexity index is 293. The van der Waals surface area contributed by atoms with Crippen molar-refractivity contribution >= 4 is 5.91 Å². The van der Waals surface area contributed by atoms with Crippen LogP contribution in [-0.4, -0.2) is 37.2 Å². The second-order valence-electron chi connectivity index (χ2n) is 7.33. The number of rotatable bonds is 17. The van der Waals surface area contributed by atoms with Crippen LogP contribution in [0.15, 0.2) is 0 Å². The fourth-order valence-electron chi connectivity index (χ4n) is 2.84. The molecule has 1 atom stereocenters. The Morgan fingerprint density at radius 1 is 0.833 bits per heavy atom. The lowest BCUT2D eigenvalue weighted by atomic mass is 10.1. The van der Waals surface area contributed by atoms with Crippen LogP contribution >= 0.6 is 0 Å². The maximum Gasteiger partial charge on any atom is 0.219 e. The van der Waals surface area contributed by atoms with Crippen molar-refractivity contribution in [1.82, 2.24) is 5.32 Å². The molecular weight excluding hydrogens is 300 g/mol. The molecule has 1 N–H and O–H groups in total. The van der Waals surface area contributed by atoms with Crippen molar-refractivity contribution in [2.24, 2.45) is 0 Å². The smallest absolute Gasteiger partial charge is 0.219 e. The van der Waals surface area contributed by atoms with Gasteiger partial charge in [-0.1, -0.05) is 71.1 Å². The summed E-state index contributed by atoms with van der Waals surface area (Å²) in [5, 5.41) is 14.7. The zero-order valence-electron chi connectivity index (χ0n) is 16.6. The van der Waals surface area contributed by atoms with Gasteiger partial charge in [0.05, 0.1) is 20.1 Å². The molecule has 0 aliphatic carbocycles. The number of hydrogen-bond acceptors (Lipinski definition) is 2. The Labute approximate surface area is 150 Å². The fraction of sp³-hybridized carbons (Fsp3) is 0.950. The van der Waals surface area contributed by atoms with E-state index in [1.807, 2.05) is 6.92 Å². The van der Waals surface area contributed by atoms with E-state index in [9.17, 15) is 10.0 Å². The van der Waals surface area contributed by atoms with E-state index in [0.29, 0.717) is 26.1 Å². The third kappa shape index (κ3) is 16.3. The van der Waals surface area contributed by atoms with Crippen molar-refractivity contribution in [3.63, 3.8) is 0 Å². The average Bonchev–Trinajstić information content (AvgIpc) is 2.56. The zero-order chi connectivity index (χ0) is 18.1. The molecule has 24 heavy (non-hydrogen) atoms. The van der Waals surface area contributed by atoms with E-state index in [1.54, 1.807) is 7.05 Å². The number of carbonyl (C=O) groups excluding carboxylic acids is 1. The standard InChI is InChI=1S/C20H42N2O2/c1-4-6-7-8-9-10-11-12-13-14-15-17-20(23)21-18-16-19-22(3,24)5-2/h4-19H2,1-3H3,(H,21,23). The third-order valence-electron chi connectivity index (χ3n) is 4.81. The number of carbonyl (C=O) groups is 1. The first-order valence-electron chi connectivity index (χ1n) is 10.3. The van der Waals surface area contributed by atoms with Crippen molar-refractivity contribution in [2.75, 3.05) is 26.7 Å². The number of nitrogens with one attached hydrogen (secondary N) is 1. The van der Waals surface area contributed by atoms with Gasteiger partial charge in [0.2, 0.25) is 5.91 Å². The van der Waals surface area contributed by atoms with E-state index >= 15 is 0 Å². The first kappa shape index (κ1) is 23.4. The van der Waals surface area contributed by atoms with Crippen LogP contribution in [-0.2, 0) is 4.79 Å². The molecule has 0 saturated heterocycles. The van der Waals surface area contributed by atoms with E-state index in [-0.39, 0.29) is 10.6 Å². The summed E-state index contributed by atoms with van der Waals surface area (Å²) < 4.78 is -0.214. The quantitative estimate of drug-likeness (QED) is 0.225. The van der Waals surface area contributed by atoms with Crippen LogP contribution in [0.3, 0.4) is 0 Å². The highest BCUT2D eigenvalue weighted by atomic mass is 16.5. The normalized spacial score (nSPS) is 13.7. The minimum atomic E-state index is -0.214. The molecule has 1 unspecified atom stereocenters. The van der Waals surface area contributed by atoms with Crippen molar-refractivity contribution in [2.45, 2.75) is 97.3 Å². The van der Waals surface area contributed by atoms with Gasteiger partial charge in [-0.3, -0.25) is 4.79 Å². The lowest BCUT2D eigenvalue weighted by Crippen LogP contribution is -2.39. The van der Waals surface area contributed by atoms with Crippen LogP contribution in [0.2, 0.25) is 0 Å². The maximum absolute atomic E-state index is 11.7. The number of hydroxylamine groups is 3. The first-order chi connectivity index (χ1) is 11.5. The Morgan fingerprint density at radius 2 is 1.33 bits per heavy atom. The lowest BCUT2D eigenvalue weighted by Gasteiger charge is -2.37. The summed E-state index contributed by atoms with van der Waals surface area (Å²) in [5.74, 6) is 0.141. The van der Waals surface area contributed by atoms with E-state index in [2.05, 4.69) is 12.2 Å². The second-order valence-corrected chi connectivity index (χ2v) is 7.33. The highest BCUT2D eigenvalue weighted by Crippen LogP contribution is 2.11. The topological polar surface area (TPSA) is 52.2 Å². The summed E-state index contributed by atoms with van der Waals surface area (Å²) in [6.45, 7) is 5.96. The molecule has 0 aromatic heterocycles. The van der Waals surface area contributed by atoms with Gasteiger partial charge in [-0.25, -0.2) is 0 Å². The molecule has 0 aromatic carbocycles. The average molecular weight is 343 g/mol. The van der Waals surface area contributed by atoms with Gasteiger partial charge < -0.3 is 15.2 Å². The molecule has 0 aliphatic heterocycles. The Kier molecular flexibility index (Phi) is 15.5. The third-order valence-corrected chi connectivity index (χ3v) is 4.81. The molecule has 4 nitrogen and oxygen atoms in total. The lowest BCUT2D eigenvalue weighted by molar-refractivity contribution is -0.858. The zero-order valence-corrected chi connectivity index (χ0v) is 16.6. The maximum atomic E-state index is 11.7. The van der Waals surface area contributed by atoms with Gasteiger partial charge in [-0.2, -0.15) is 0 Å². The van der Waals surface area contributed by atoms with Gasteiger partial charge in [-0.15, -0.1) is 0 Å². The molecule has 0 aliphatic rings. The van der Waals surface area contributed by atoms with Gasteiger partial charge in [0.1, 0.15) is 0 Å². The summed E-state index contributed by atoms with van der Waals surface area (Å²) in [6.07, 6.45) is 15.7. The van der Waals surface area contributed by atoms with E-state index in [4.69, 9.17) is 0 Å². The predicted octanol–water partition coefficient (Wildman–Crippen LogP) is 5.16. The SMILES string of the molecule is CCCCCCCCCCCCCC(=O)NCCC[N+](C)([O-])CC. The molecule has 0 bridgehead atoms. The number of nitrogens with zero attached hydrogens (tertiary/aromatic N) is 1. The van der Waals surface area contributed by atoms with Crippen LogP contribution < -0.4 is 5.32 Å². The minimum Gasteiger partial charge on any atom is -0.633 e. The van der Waals surface area contributed by atoms with Gasteiger partial charge in [0.25, 0.3) is 0 Å². The predicted molar refractivity (Wildman–Crippen MR) is 104 cm³/mol. The summed E-state index contributed by atoms with van der Waals surface area (Å²) >= 11 is 0. The second kappa shape index (κ2) is 15.9. The number of hydrogen-bond donors (Lipinski definition) is 1. The van der Waals surface area contributed by atoms with Crippen molar-refractivity contribution < 1.29 is 9.44 Å². The molecule has 1 amide bonds. The van der Waals surface area contributed by atoms with Gasteiger partial charge in [-0.05, 0) is 13.3 Å². The molecule has 0 rings (SSSR count). The monoisotopic (exact) mass is 342 g/mol. The Balaban J connectivity index is 3.26. The largest absolute Gasteiger partial charge is 0.633 e. The van der Waals surface area contributed by atoms with E-state index < -0.39 is 0 Å². The molecule has 144 valence electrons. The molecule has 0 radical (unpaired) electrons. The van der Waals surface area contributed by atoms with Crippen molar-refractivity contribution in [3.05, 3.63) is 5.21 Å². The summed E-state index contributed by atoms with van der Waals surface area (Å²) in [5.41, 5.74) is 0. The molecular formula is C20H42N2O2. The van der Waals surface area contributed by atoms with E-state index in [1.165, 1.54) is 57.8 Å². The van der Waals surface area contributed by atoms with Crippen LogP contribution in [0.25, 0.3) is 0 Å². The summed E-state index contributed by atoms with van der Waals surface area (Å²) in [6, 6.07) is 0. The number of amides is 1. The van der Waals surface area contributed by atoms with Crippen LogP contribution in [0.5, 0.6) is 0 Å². The van der Waals surface area contributed by atoms with Crippen molar-refractivity contribution in [1.29, 1.82) is 0 Å². The van der Waals surface area contributed by atoms with Gasteiger partial charge >= 0.3 is 0 Å². The molecule has 0 saturated carbocycles. The van der Waals surface area contributed by atoms with E-state index in [0.717, 1.165) is 19.3 Å². The highest BCUT2D eigenvalue weighted by Gasteiger charge is 2.06. The van der Waals surface area contributed by atoms with Crippen LogP contribution in [0, 0.1) is 5.21 Å². The Morgan fingerprint density at radius 3 is 1.83 bits per heavy atom. The van der Waals surface area contributed by atoms with Crippen LogP contribution in [0.4, 0.5) is 0 Å². The van der Waals surface area contributed by atoms with Gasteiger partial charge in [0, 0.05) is 19.4 Å². The Hall–Kier alpha value is -0.610. The molecule has 0 spiro atoms. The number of unbranched alkanes of at least 4 members (excludes halogenated alkanes) is 10. The summed E-state index contributed by atoms with van der Waals surface area (Å²) in [7, 11) is 1.69. The minimum absolute atomic E-state index is 0.141. The van der Waals surface area contributed by atoms with Gasteiger partial charge in [0.15, 0.2) is 0 Å².